The van der Waals surface area contributed by atoms with E-state index in [2.05, 4.69) is 70.8 Å². The Hall–Kier alpha value is -2.51. The van der Waals surface area contributed by atoms with E-state index in [1.165, 1.54) is 34.1 Å². The zero-order valence-electron chi connectivity index (χ0n) is 22.9. The van der Waals surface area contributed by atoms with Crippen LogP contribution in [0.25, 0.3) is 0 Å². The van der Waals surface area contributed by atoms with Gasteiger partial charge in [0, 0.05) is 22.1 Å². The molecule has 3 aromatic rings. The maximum atomic E-state index is 13.0. The number of hydrogen-bond donors (Lipinski definition) is 0. The average Bonchev–Trinajstić information content (AvgIpc) is 2.95. The largest absolute Gasteiger partial charge is 0.493 e. The SMILES string of the molecule is CCc1cc(C(=O)CCC2CCN(Cc3cccc(I)c3)CC2)ccc1OCC/C=C\Cc1ccc(F)cc1. The minimum atomic E-state index is -0.208. The number of hydrogen-bond acceptors (Lipinski definition) is 3. The van der Waals surface area contributed by atoms with E-state index in [-0.39, 0.29) is 11.6 Å². The third-order valence-electron chi connectivity index (χ3n) is 7.52. The molecular formula is C34H39FINO2. The van der Waals surface area contributed by atoms with Crippen molar-refractivity contribution >= 4 is 28.4 Å². The molecule has 1 saturated heterocycles. The molecule has 0 amide bonds. The number of carbonyl (C=O) groups is 1. The molecule has 0 radical (unpaired) electrons. The van der Waals surface area contributed by atoms with E-state index in [0.29, 0.717) is 18.9 Å². The third kappa shape index (κ3) is 9.57. The van der Waals surface area contributed by atoms with Gasteiger partial charge in [0.2, 0.25) is 0 Å². The van der Waals surface area contributed by atoms with Gasteiger partial charge in [0.1, 0.15) is 11.6 Å². The number of benzene rings is 3. The number of likely N-dealkylation sites (tertiary alicyclic amines) is 1. The number of ketones is 1. The predicted molar refractivity (Wildman–Crippen MR) is 166 cm³/mol. The van der Waals surface area contributed by atoms with E-state index in [0.717, 1.165) is 67.8 Å². The number of piperidine rings is 1. The number of ether oxygens (including phenoxy) is 1. The normalized spacial score (nSPS) is 14.6. The quantitative estimate of drug-likeness (QED) is 0.0814. The Kier molecular flexibility index (Phi) is 11.6. The monoisotopic (exact) mass is 639 g/mol. The van der Waals surface area contributed by atoms with Gasteiger partial charge in [-0.3, -0.25) is 9.69 Å². The van der Waals surface area contributed by atoms with Crippen molar-refractivity contribution < 1.29 is 13.9 Å². The van der Waals surface area contributed by atoms with Crippen molar-refractivity contribution in [2.45, 2.75) is 58.4 Å². The fourth-order valence-electron chi connectivity index (χ4n) is 5.17. The van der Waals surface area contributed by atoms with Crippen molar-refractivity contribution in [2.24, 2.45) is 5.92 Å². The molecular weight excluding hydrogens is 600 g/mol. The van der Waals surface area contributed by atoms with Crippen molar-refractivity contribution in [1.29, 1.82) is 0 Å². The molecule has 0 spiro atoms. The number of halogens is 2. The van der Waals surface area contributed by atoms with Crippen LogP contribution in [0, 0.1) is 15.3 Å². The Morgan fingerprint density at radius 3 is 2.56 bits per heavy atom. The fraction of sp³-hybridized carbons (Fsp3) is 0.382. The van der Waals surface area contributed by atoms with Crippen LogP contribution < -0.4 is 4.74 Å². The van der Waals surface area contributed by atoms with E-state index in [4.69, 9.17) is 4.74 Å². The van der Waals surface area contributed by atoms with E-state index in [1.54, 1.807) is 0 Å². The highest BCUT2D eigenvalue weighted by atomic mass is 127. The topological polar surface area (TPSA) is 29.5 Å². The van der Waals surface area contributed by atoms with Gasteiger partial charge in [-0.2, -0.15) is 0 Å². The molecule has 0 saturated carbocycles. The summed E-state index contributed by atoms with van der Waals surface area (Å²) in [5, 5.41) is 0. The van der Waals surface area contributed by atoms with Crippen LogP contribution in [0.5, 0.6) is 5.75 Å². The summed E-state index contributed by atoms with van der Waals surface area (Å²) < 4.78 is 20.3. The molecule has 39 heavy (non-hydrogen) atoms. The molecule has 0 aliphatic carbocycles. The average molecular weight is 640 g/mol. The molecule has 0 N–H and O–H groups in total. The molecule has 1 aliphatic rings. The Morgan fingerprint density at radius 2 is 1.82 bits per heavy atom. The number of carbonyl (C=O) groups excluding carboxylic acids is 1. The van der Waals surface area contributed by atoms with E-state index < -0.39 is 0 Å². The zero-order valence-corrected chi connectivity index (χ0v) is 25.0. The Bertz CT molecular complexity index is 1230. The van der Waals surface area contributed by atoms with Gasteiger partial charge in [0.25, 0.3) is 0 Å². The lowest BCUT2D eigenvalue weighted by Gasteiger charge is -2.32. The summed E-state index contributed by atoms with van der Waals surface area (Å²) in [5.41, 5.74) is 4.35. The number of rotatable bonds is 13. The number of nitrogens with zero attached hydrogens (tertiary/aromatic N) is 1. The smallest absolute Gasteiger partial charge is 0.162 e. The zero-order chi connectivity index (χ0) is 27.5. The second kappa shape index (κ2) is 15.3. The molecule has 0 unspecified atom stereocenters. The minimum Gasteiger partial charge on any atom is -0.493 e. The Morgan fingerprint density at radius 1 is 1.03 bits per heavy atom. The van der Waals surface area contributed by atoms with Crippen LogP contribution in [-0.2, 0) is 19.4 Å². The van der Waals surface area contributed by atoms with Gasteiger partial charge >= 0.3 is 0 Å². The van der Waals surface area contributed by atoms with Crippen LogP contribution in [0.4, 0.5) is 4.39 Å². The predicted octanol–water partition coefficient (Wildman–Crippen LogP) is 8.44. The summed E-state index contributed by atoms with van der Waals surface area (Å²) in [6.45, 7) is 5.92. The fourth-order valence-corrected chi connectivity index (χ4v) is 5.78. The van der Waals surface area contributed by atoms with Crippen molar-refractivity contribution in [3.63, 3.8) is 0 Å². The van der Waals surface area contributed by atoms with Crippen LogP contribution in [-0.4, -0.2) is 30.4 Å². The molecule has 0 bridgehead atoms. The minimum absolute atomic E-state index is 0.208. The van der Waals surface area contributed by atoms with Gasteiger partial charge in [-0.25, -0.2) is 4.39 Å². The van der Waals surface area contributed by atoms with Gasteiger partial charge in [-0.1, -0.05) is 43.3 Å². The second-order valence-corrected chi connectivity index (χ2v) is 11.7. The van der Waals surface area contributed by atoms with Crippen molar-refractivity contribution in [3.05, 3.63) is 111 Å². The standard InChI is InChI=1S/C34H39FINO2/c1-2-29-24-30(13-17-34(29)39-22-5-3-4-7-26-10-14-31(35)15-11-26)33(38)16-12-27-18-20-37(21-19-27)25-28-8-6-9-32(36)23-28/h3-4,6,8-11,13-15,17,23-24,27H,2,5,7,12,16,18-22,25H2,1H3/b4-3-. The summed E-state index contributed by atoms with van der Waals surface area (Å²) >= 11 is 2.37. The highest BCUT2D eigenvalue weighted by Crippen LogP contribution is 2.26. The van der Waals surface area contributed by atoms with Crippen LogP contribution in [0.1, 0.15) is 66.1 Å². The lowest BCUT2D eigenvalue weighted by molar-refractivity contribution is 0.0961. The van der Waals surface area contributed by atoms with Gasteiger partial charge in [0.05, 0.1) is 6.61 Å². The molecule has 5 heteroatoms. The number of Topliss-reactive ketones (excluding diaryl/α,β-unsaturated/α-hetero) is 1. The van der Waals surface area contributed by atoms with Crippen LogP contribution in [0.15, 0.2) is 78.9 Å². The van der Waals surface area contributed by atoms with Gasteiger partial charge < -0.3 is 4.74 Å². The van der Waals surface area contributed by atoms with Gasteiger partial charge in [0.15, 0.2) is 5.78 Å². The first-order valence-electron chi connectivity index (χ1n) is 14.2. The number of aryl methyl sites for hydroxylation is 1. The maximum Gasteiger partial charge on any atom is 0.162 e. The van der Waals surface area contributed by atoms with Crippen LogP contribution in [0.2, 0.25) is 0 Å². The molecule has 3 aromatic carbocycles. The first-order valence-corrected chi connectivity index (χ1v) is 15.2. The third-order valence-corrected chi connectivity index (χ3v) is 8.19. The first-order chi connectivity index (χ1) is 19.0. The van der Waals surface area contributed by atoms with E-state index in [9.17, 15) is 9.18 Å². The Labute approximate surface area is 246 Å². The molecule has 1 aliphatic heterocycles. The lowest BCUT2D eigenvalue weighted by Crippen LogP contribution is -2.33. The van der Waals surface area contributed by atoms with E-state index >= 15 is 0 Å². The van der Waals surface area contributed by atoms with Gasteiger partial charge in [-0.05, 0) is 139 Å². The van der Waals surface area contributed by atoms with Crippen LogP contribution >= 0.6 is 22.6 Å². The number of allylic oxidation sites excluding steroid dienone is 1. The molecule has 1 fully saturated rings. The molecule has 0 aromatic heterocycles. The summed E-state index contributed by atoms with van der Waals surface area (Å²) in [7, 11) is 0. The summed E-state index contributed by atoms with van der Waals surface area (Å²) in [6, 6.07) is 21.2. The van der Waals surface area contributed by atoms with E-state index in [1.807, 2.05) is 30.3 Å². The van der Waals surface area contributed by atoms with Gasteiger partial charge in [-0.15, -0.1) is 0 Å². The molecule has 0 atom stereocenters. The lowest BCUT2D eigenvalue weighted by atomic mass is 9.90. The van der Waals surface area contributed by atoms with Crippen molar-refractivity contribution in [2.75, 3.05) is 19.7 Å². The summed E-state index contributed by atoms with van der Waals surface area (Å²) in [4.78, 5) is 15.5. The summed E-state index contributed by atoms with van der Waals surface area (Å²) in [6.07, 6.45) is 10.5. The summed E-state index contributed by atoms with van der Waals surface area (Å²) in [5.74, 6) is 1.52. The Balaban J connectivity index is 1.17. The highest BCUT2D eigenvalue weighted by Gasteiger charge is 2.20. The highest BCUT2D eigenvalue weighted by molar-refractivity contribution is 14.1. The second-order valence-electron chi connectivity index (χ2n) is 10.4. The molecule has 206 valence electrons. The van der Waals surface area contributed by atoms with Crippen molar-refractivity contribution in [3.8, 4) is 5.75 Å². The maximum absolute atomic E-state index is 13.0. The molecule has 3 nitrogen and oxygen atoms in total. The molecule has 4 rings (SSSR count). The van der Waals surface area contributed by atoms with Crippen molar-refractivity contribution in [1.82, 2.24) is 4.90 Å². The first kappa shape index (κ1) is 29.5. The molecule has 1 heterocycles. The van der Waals surface area contributed by atoms with Crippen LogP contribution in [0.3, 0.4) is 0 Å².